The predicted molar refractivity (Wildman–Crippen MR) is 62.8 cm³/mol. The zero-order valence-electron chi connectivity index (χ0n) is 8.75. The highest BCUT2D eigenvalue weighted by Crippen LogP contribution is 2.25. The Morgan fingerprint density at radius 3 is 2.93 bits per heavy atom. The molecule has 14 heavy (non-hydrogen) atoms. The summed E-state index contributed by atoms with van der Waals surface area (Å²) in [4.78, 5) is 1.25. The van der Waals surface area contributed by atoms with E-state index in [0.29, 0.717) is 0 Å². The van der Waals surface area contributed by atoms with E-state index >= 15 is 0 Å². The van der Waals surface area contributed by atoms with E-state index in [1.807, 2.05) is 19.1 Å². The molecule has 1 aromatic rings. The molecular weight excluding hydrogens is 194 g/mol. The third-order valence-electron chi connectivity index (χ3n) is 2.02. The molecule has 0 saturated heterocycles. The fraction of sp³-hybridized carbons (Fsp3) is 0.455. The quantitative estimate of drug-likeness (QED) is 0.462. The van der Waals surface area contributed by atoms with Crippen LogP contribution in [0.1, 0.15) is 12.5 Å². The molecule has 2 N–H and O–H groups in total. The second kappa shape index (κ2) is 5.94. The highest BCUT2D eigenvalue weighted by molar-refractivity contribution is 7.99. The van der Waals surface area contributed by atoms with Crippen molar-refractivity contribution >= 4 is 17.4 Å². The summed E-state index contributed by atoms with van der Waals surface area (Å²) in [5, 5.41) is 0. The summed E-state index contributed by atoms with van der Waals surface area (Å²) in [7, 11) is 0. The van der Waals surface area contributed by atoms with E-state index in [0.717, 1.165) is 24.7 Å². The van der Waals surface area contributed by atoms with E-state index in [-0.39, 0.29) is 0 Å². The minimum absolute atomic E-state index is 0.788. The van der Waals surface area contributed by atoms with Crippen LogP contribution in [-0.2, 0) is 4.74 Å². The Labute approximate surface area is 89.8 Å². The van der Waals surface area contributed by atoms with Gasteiger partial charge in [-0.25, -0.2) is 0 Å². The number of thioether (sulfide) groups is 1. The summed E-state index contributed by atoms with van der Waals surface area (Å²) >= 11 is 1.80. The van der Waals surface area contributed by atoms with Gasteiger partial charge in [-0.05, 0) is 31.5 Å². The van der Waals surface area contributed by atoms with E-state index < -0.39 is 0 Å². The SMILES string of the molecule is CCOCCSc1cccc(N)c1C. The lowest BCUT2D eigenvalue weighted by molar-refractivity contribution is 0.164. The topological polar surface area (TPSA) is 35.2 Å². The maximum absolute atomic E-state index is 5.81. The minimum atomic E-state index is 0.788. The molecule has 0 heterocycles. The number of ether oxygens (including phenoxy) is 1. The van der Waals surface area contributed by atoms with Gasteiger partial charge >= 0.3 is 0 Å². The second-order valence-corrected chi connectivity index (χ2v) is 4.15. The van der Waals surface area contributed by atoms with Crippen LogP contribution in [0.15, 0.2) is 23.1 Å². The Hall–Kier alpha value is -0.670. The number of nitrogen functional groups attached to an aromatic ring is 1. The Kier molecular flexibility index (Phi) is 4.84. The number of rotatable bonds is 5. The van der Waals surface area contributed by atoms with Crippen LogP contribution in [0.3, 0.4) is 0 Å². The first-order valence-corrected chi connectivity index (χ1v) is 5.80. The van der Waals surface area contributed by atoms with Crippen molar-refractivity contribution in [3.8, 4) is 0 Å². The van der Waals surface area contributed by atoms with Crippen LogP contribution in [0.4, 0.5) is 5.69 Å². The van der Waals surface area contributed by atoms with Crippen LogP contribution in [0.5, 0.6) is 0 Å². The van der Waals surface area contributed by atoms with Gasteiger partial charge in [0, 0.05) is 22.9 Å². The maximum atomic E-state index is 5.81. The van der Waals surface area contributed by atoms with Crippen molar-refractivity contribution in [2.45, 2.75) is 18.7 Å². The van der Waals surface area contributed by atoms with Gasteiger partial charge in [-0.2, -0.15) is 0 Å². The molecule has 3 heteroatoms. The minimum Gasteiger partial charge on any atom is -0.398 e. The largest absolute Gasteiger partial charge is 0.398 e. The van der Waals surface area contributed by atoms with Gasteiger partial charge in [-0.1, -0.05) is 6.07 Å². The van der Waals surface area contributed by atoms with Crippen LogP contribution in [0.25, 0.3) is 0 Å². The van der Waals surface area contributed by atoms with E-state index in [2.05, 4.69) is 13.0 Å². The van der Waals surface area contributed by atoms with Gasteiger partial charge in [0.25, 0.3) is 0 Å². The summed E-state index contributed by atoms with van der Waals surface area (Å²) < 4.78 is 5.27. The molecule has 1 aromatic carbocycles. The molecule has 0 radical (unpaired) electrons. The Balaban J connectivity index is 2.46. The van der Waals surface area contributed by atoms with Crippen molar-refractivity contribution in [2.75, 3.05) is 24.7 Å². The van der Waals surface area contributed by atoms with Gasteiger partial charge in [0.15, 0.2) is 0 Å². The van der Waals surface area contributed by atoms with E-state index in [1.165, 1.54) is 10.5 Å². The predicted octanol–water partition coefficient (Wildman–Crippen LogP) is 2.71. The van der Waals surface area contributed by atoms with E-state index in [9.17, 15) is 0 Å². The highest BCUT2D eigenvalue weighted by atomic mass is 32.2. The summed E-state index contributed by atoms with van der Waals surface area (Å²) in [6.45, 7) is 5.65. The smallest absolute Gasteiger partial charge is 0.0560 e. The molecule has 0 aliphatic rings. The summed E-state index contributed by atoms with van der Waals surface area (Å²) in [5.41, 5.74) is 7.85. The third kappa shape index (κ3) is 3.24. The molecular formula is C11H17NOS. The van der Waals surface area contributed by atoms with E-state index in [1.54, 1.807) is 11.8 Å². The van der Waals surface area contributed by atoms with Gasteiger partial charge in [-0.3, -0.25) is 0 Å². The fourth-order valence-electron chi connectivity index (χ4n) is 1.14. The standard InChI is InChI=1S/C11H17NOS/c1-3-13-7-8-14-11-6-4-5-10(12)9(11)2/h4-6H,3,7-8,12H2,1-2H3. The Bertz CT molecular complexity index is 289. The highest BCUT2D eigenvalue weighted by Gasteiger charge is 2.00. The Morgan fingerprint density at radius 2 is 2.21 bits per heavy atom. The average Bonchev–Trinajstić information content (AvgIpc) is 2.19. The molecule has 0 atom stereocenters. The number of benzene rings is 1. The number of anilines is 1. The molecule has 1 rings (SSSR count). The van der Waals surface area contributed by atoms with Crippen LogP contribution in [-0.4, -0.2) is 19.0 Å². The molecule has 0 aromatic heterocycles. The first-order valence-electron chi connectivity index (χ1n) is 4.81. The molecule has 0 bridgehead atoms. The van der Waals surface area contributed by atoms with Crippen molar-refractivity contribution in [3.63, 3.8) is 0 Å². The second-order valence-electron chi connectivity index (χ2n) is 3.02. The van der Waals surface area contributed by atoms with Gasteiger partial charge < -0.3 is 10.5 Å². The fourth-order valence-corrected chi connectivity index (χ4v) is 2.07. The number of hydrogen-bond donors (Lipinski definition) is 1. The summed E-state index contributed by atoms with van der Waals surface area (Å²) in [5.74, 6) is 0.984. The average molecular weight is 211 g/mol. The van der Waals surface area contributed by atoms with Crippen LogP contribution in [0, 0.1) is 6.92 Å². The summed E-state index contributed by atoms with van der Waals surface area (Å²) in [6, 6.07) is 6.02. The van der Waals surface area contributed by atoms with Crippen molar-refractivity contribution < 1.29 is 4.74 Å². The molecule has 0 amide bonds. The van der Waals surface area contributed by atoms with Crippen LogP contribution in [0.2, 0.25) is 0 Å². The van der Waals surface area contributed by atoms with Gasteiger partial charge in [-0.15, -0.1) is 11.8 Å². The van der Waals surface area contributed by atoms with Crippen LogP contribution < -0.4 is 5.73 Å². The molecule has 0 fully saturated rings. The normalized spacial score (nSPS) is 10.4. The van der Waals surface area contributed by atoms with Crippen molar-refractivity contribution in [1.29, 1.82) is 0 Å². The van der Waals surface area contributed by atoms with Gasteiger partial charge in [0.2, 0.25) is 0 Å². The zero-order chi connectivity index (χ0) is 10.4. The van der Waals surface area contributed by atoms with Crippen molar-refractivity contribution in [3.05, 3.63) is 23.8 Å². The lowest BCUT2D eigenvalue weighted by atomic mass is 10.2. The third-order valence-corrected chi connectivity index (χ3v) is 3.14. The maximum Gasteiger partial charge on any atom is 0.0560 e. The lowest BCUT2D eigenvalue weighted by Gasteiger charge is -2.07. The molecule has 0 aliphatic carbocycles. The molecule has 0 unspecified atom stereocenters. The number of nitrogens with two attached hydrogens (primary N) is 1. The van der Waals surface area contributed by atoms with Crippen molar-refractivity contribution in [2.24, 2.45) is 0 Å². The Morgan fingerprint density at radius 1 is 1.43 bits per heavy atom. The molecule has 0 aliphatic heterocycles. The number of hydrogen-bond acceptors (Lipinski definition) is 3. The van der Waals surface area contributed by atoms with Gasteiger partial charge in [0.1, 0.15) is 0 Å². The summed E-state index contributed by atoms with van der Waals surface area (Å²) in [6.07, 6.45) is 0. The monoisotopic (exact) mass is 211 g/mol. The first-order chi connectivity index (χ1) is 6.75. The van der Waals surface area contributed by atoms with E-state index in [4.69, 9.17) is 10.5 Å². The molecule has 0 saturated carbocycles. The van der Waals surface area contributed by atoms with Crippen molar-refractivity contribution in [1.82, 2.24) is 0 Å². The van der Waals surface area contributed by atoms with Gasteiger partial charge in [0.05, 0.1) is 6.61 Å². The molecule has 78 valence electrons. The van der Waals surface area contributed by atoms with Crippen LogP contribution >= 0.6 is 11.8 Å². The lowest BCUT2D eigenvalue weighted by Crippen LogP contribution is -1.97. The molecule has 2 nitrogen and oxygen atoms in total. The zero-order valence-corrected chi connectivity index (χ0v) is 9.56. The molecule has 0 spiro atoms. The first kappa shape index (κ1) is 11.4.